The van der Waals surface area contributed by atoms with E-state index in [1.54, 1.807) is 6.20 Å². The second-order valence-electron chi connectivity index (χ2n) is 6.04. The Morgan fingerprint density at radius 2 is 2.00 bits per heavy atom. The Balaban J connectivity index is 1.86. The first-order chi connectivity index (χ1) is 11.6. The molecule has 1 saturated carbocycles. The number of benzene rings is 1. The van der Waals surface area contributed by atoms with Crippen LogP contribution in [0.5, 0.6) is 0 Å². The van der Waals surface area contributed by atoms with Crippen molar-refractivity contribution in [3.8, 4) is 0 Å². The van der Waals surface area contributed by atoms with Crippen molar-refractivity contribution in [1.82, 2.24) is 9.78 Å². The lowest BCUT2D eigenvalue weighted by molar-refractivity contribution is 0.0600. The molecule has 1 aromatic heterocycles. The number of allylic oxidation sites excluding steroid dienone is 2. The van der Waals surface area contributed by atoms with Gasteiger partial charge in [-0.1, -0.05) is 30.3 Å². The zero-order valence-electron chi connectivity index (χ0n) is 14.3. The molecular weight excluding hydrogens is 304 g/mol. The number of ether oxygens (including phenoxy) is 2. The van der Waals surface area contributed by atoms with Crippen LogP contribution in [0, 0.1) is 12.8 Å². The van der Waals surface area contributed by atoms with E-state index in [0.29, 0.717) is 18.1 Å². The molecule has 1 fully saturated rings. The minimum atomic E-state index is -0.364. The van der Waals surface area contributed by atoms with E-state index >= 15 is 0 Å². The van der Waals surface area contributed by atoms with E-state index in [0.717, 1.165) is 35.6 Å². The molecule has 0 bridgehead atoms. The molecule has 1 heterocycles. The predicted molar refractivity (Wildman–Crippen MR) is 91.1 cm³/mol. The van der Waals surface area contributed by atoms with Crippen LogP contribution in [0.1, 0.15) is 41.4 Å². The lowest BCUT2D eigenvalue weighted by Gasteiger charge is -2.15. The van der Waals surface area contributed by atoms with Crippen molar-refractivity contribution in [2.75, 3.05) is 7.11 Å². The van der Waals surface area contributed by atoms with Gasteiger partial charge in [0.05, 0.1) is 24.7 Å². The van der Waals surface area contributed by atoms with Gasteiger partial charge in [-0.3, -0.25) is 0 Å². The van der Waals surface area contributed by atoms with Crippen LogP contribution < -0.4 is 0 Å². The van der Waals surface area contributed by atoms with Gasteiger partial charge in [-0.05, 0) is 32.3 Å². The van der Waals surface area contributed by atoms with Gasteiger partial charge in [-0.2, -0.15) is 5.10 Å². The van der Waals surface area contributed by atoms with Gasteiger partial charge in [-0.25, -0.2) is 9.48 Å². The van der Waals surface area contributed by atoms with Crippen molar-refractivity contribution in [3.05, 3.63) is 59.1 Å². The number of hydrogen-bond acceptors (Lipinski definition) is 4. The summed E-state index contributed by atoms with van der Waals surface area (Å²) in [7, 11) is 1.38. The summed E-state index contributed by atoms with van der Waals surface area (Å²) in [6.45, 7) is 4.37. The lowest BCUT2D eigenvalue weighted by atomic mass is 10.2. The van der Waals surface area contributed by atoms with Crippen LogP contribution in [0.25, 0.3) is 5.70 Å². The molecule has 0 radical (unpaired) electrons. The van der Waals surface area contributed by atoms with Gasteiger partial charge in [0.2, 0.25) is 0 Å². The second kappa shape index (κ2) is 6.91. The molecule has 1 aliphatic carbocycles. The molecule has 0 spiro atoms. The number of carbonyl (C=O) groups excluding carboxylic acids is 1. The highest BCUT2D eigenvalue weighted by Crippen LogP contribution is 2.41. The van der Waals surface area contributed by atoms with Crippen molar-refractivity contribution in [1.29, 1.82) is 0 Å². The van der Waals surface area contributed by atoms with E-state index < -0.39 is 0 Å². The van der Waals surface area contributed by atoms with Gasteiger partial charge in [0.25, 0.3) is 0 Å². The van der Waals surface area contributed by atoms with Crippen molar-refractivity contribution in [2.45, 2.75) is 33.3 Å². The Morgan fingerprint density at radius 1 is 1.29 bits per heavy atom. The van der Waals surface area contributed by atoms with Crippen molar-refractivity contribution in [2.24, 2.45) is 5.92 Å². The van der Waals surface area contributed by atoms with Crippen LogP contribution >= 0.6 is 0 Å². The van der Waals surface area contributed by atoms with Gasteiger partial charge in [0.15, 0.2) is 0 Å². The van der Waals surface area contributed by atoms with Crippen molar-refractivity contribution < 1.29 is 14.3 Å². The average Bonchev–Trinajstić information content (AvgIpc) is 3.37. The fraction of sp³-hybridized carbons (Fsp3) is 0.368. The highest BCUT2D eigenvalue weighted by atomic mass is 16.5. The van der Waals surface area contributed by atoms with Gasteiger partial charge in [0.1, 0.15) is 17.9 Å². The van der Waals surface area contributed by atoms with Crippen LogP contribution in [0.3, 0.4) is 0 Å². The molecule has 5 nitrogen and oxygen atoms in total. The Morgan fingerprint density at radius 3 is 2.62 bits per heavy atom. The van der Waals surface area contributed by atoms with E-state index in [1.165, 1.54) is 7.11 Å². The van der Waals surface area contributed by atoms with Gasteiger partial charge in [0, 0.05) is 5.92 Å². The number of carbonyl (C=O) groups is 1. The number of aromatic nitrogens is 2. The summed E-state index contributed by atoms with van der Waals surface area (Å²) >= 11 is 0. The van der Waals surface area contributed by atoms with Gasteiger partial charge >= 0.3 is 5.97 Å². The number of rotatable bonds is 6. The van der Waals surface area contributed by atoms with Crippen LogP contribution in [0.15, 0.2) is 42.3 Å². The number of methoxy groups -OCH3 is 1. The molecule has 0 N–H and O–H groups in total. The van der Waals surface area contributed by atoms with E-state index in [9.17, 15) is 4.79 Å². The minimum Gasteiger partial charge on any atom is -0.492 e. The summed E-state index contributed by atoms with van der Waals surface area (Å²) in [5.74, 6) is 0.922. The topological polar surface area (TPSA) is 53.3 Å². The zero-order chi connectivity index (χ0) is 17.1. The lowest BCUT2D eigenvalue weighted by Crippen LogP contribution is -2.09. The third-order valence-electron chi connectivity index (χ3n) is 4.27. The van der Waals surface area contributed by atoms with Crippen LogP contribution in [-0.2, 0) is 16.1 Å². The summed E-state index contributed by atoms with van der Waals surface area (Å²) in [6.07, 6.45) is 3.80. The van der Waals surface area contributed by atoms with Gasteiger partial charge in [-0.15, -0.1) is 0 Å². The first-order valence-electron chi connectivity index (χ1n) is 8.12. The molecule has 1 aliphatic rings. The van der Waals surface area contributed by atoms with E-state index in [-0.39, 0.29) is 5.97 Å². The highest BCUT2D eigenvalue weighted by molar-refractivity contribution is 5.90. The number of esters is 1. The fourth-order valence-electron chi connectivity index (χ4n) is 2.77. The van der Waals surface area contributed by atoms with Crippen LogP contribution in [0.2, 0.25) is 0 Å². The standard InChI is InChI=1S/C19H22N2O3/c1-13-17(19(22)23-3)11-20-21(13)18(16-9-10-16)14(2)24-12-15-7-5-4-6-8-15/h4-8,11,16H,9-10,12H2,1-3H3/b18-14+. The zero-order valence-corrected chi connectivity index (χ0v) is 14.3. The smallest absolute Gasteiger partial charge is 0.341 e. The molecule has 2 aromatic rings. The first-order valence-corrected chi connectivity index (χ1v) is 8.12. The van der Waals surface area contributed by atoms with Gasteiger partial charge < -0.3 is 9.47 Å². The van der Waals surface area contributed by atoms with Crippen LogP contribution in [0.4, 0.5) is 0 Å². The Labute approximate surface area is 141 Å². The summed E-state index contributed by atoms with van der Waals surface area (Å²) in [5.41, 5.74) is 3.44. The maximum Gasteiger partial charge on any atom is 0.341 e. The normalized spacial score (nSPS) is 15.0. The summed E-state index contributed by atoms with van der Waals surface area (Å²) < 4.78 is 12.6. The molecule has 1 aromatic carbocycles. The maximum atomic E-state index is 11.8. The molecule has 126 valence electrons. The first kappa shape index (κ1) is 16.3. The van der Waals surface area contributed by atoms with E-state index in [4.69, 9.17) is 9.47 Å². The Kier molecular flexibility index (Phi) is 4.69. The highest BCUT2D eigenvalue weighted by Gasteiger charge is 2.32. The second-order valence-corrected chi connectivity index (χ2v) is 6.04. The molecule has 0 atom stereocenters. The monoisotopic (exact) mass is 326 g/mol. The molecule has 3 rings (SSSR count). The van der Waals surface area contributed by atoms with Crippen LogP contribution in [-0.4, -0.2) is 22.9 Å². The van der Waals surface area contributed by atoms with E-state index in [1.807, 2.05) is 48.9 Å². The number of nitrogens with zero attached hydrogens (tertiary/aromatic N) is 2. The van der Waals surface area contributed by atoms with E-state index in [2.05, 4.69) is 5.10 Å². The summed E-state index contributed by atoms with van der Waals surface area (Å²) in [4.78, 5) is 11.8. The molecule has 0 amide bonds. The molecule has 0 unspecified atom stereocenters. The quantitative estimate of drug-likeness (QED) is 0.598. The number of hydrogen-bond donors (Lipinski definition) is 0. The average molecular weight is 326 g/mol. The molecule has 5 heteroatoms. The minimum absolute atomic E-state index is 0.364. The van der Waals surface area contributed by atoms with Crippen molar-refractivity contribution in [3.63, 3.8) is 0 Å². The summed E-state index contributed by atoms with van der Waals surface area (Å²) in [5, 5.41) is 4.40. The molecule has 24 heavy (non-hydrogen) atoms. The molecule has 0 saturated heterocycles. The predicted octanol–water partition coefficient (Wildman–Crippen LogP) is 3.79. The van der Waals surface area contributed by atoms with Crippen molar-refractivity contribution >= 4 is 11.7 Å². The third kappa shape index (κ3) is 3.35. The largest absolute Gasteiger partial charge is 0.492 e. The maximum absolute atomic E-state index is 11.8. The molecular formula is C19H22N2O3. The third-order valence-corrected chi connectivity index (χ3v) is 4.27. The Hall–Kier alpha value is -2.56. The summed E-state index contributed by atoms with van der Waals surface area (Å²) in [6, 6.07) is 10.1. The fourth-order valence-corrected chi connectivity index (χ4v) is 2.77. The Bertz CT molecular complexity index is 758. The SMILES string of the molecule is COC(=O)c1cnn(/C(=C(\C)OCc2ccccc2)C2CC2)c1C. The molecule has 0 aliphatic heterocycles.